The van der Waals surface area contributed by atoms with Crippen LogP contribution >= 0.6 is 0 Å². The van der Waals surface area contributed by atoms with Gasteiger partial charge < -0.3 is 0 Å². The van der Waals surface area contributed by atoms with E-state index in [0.717, 1.165) is 32.1 Å². The molecule has 2 unspecified atom stereocenters. The van der Waals surface area contributed by atoms with Crippen LogP contribution in [0, 0.1) is 34.5 Å². The molecule has 0 spiro atoms. The summed E-state index contributed by atoms with van der Waals surface area (Å²) < 4.78 is 0. The molecule has 0 saturated heterocycles. The highest BCUT2D eigenvalue weighted by molar-refractivity contribution is 4.91. The van der Waals surface area contributed by atoms with Crippen molar-refractivity contribution < 1.29 is 0 Å². The summed E-state index contributed by atoms with van der Waals surface area (Å²) in [5, 5.41) is 18.1. The Morgan fingerprint density at radius 1 is 0.625 bits per heavy atom. The van der Waals surface area contributed by atoms with E-state index in [2.05, 4.69) is 12.1 Å². The van der Waals surface area contributed by atoms with Crippen LogP contribution in [0.3, 0.4) is 0 Å². The molecule has 1 aliphatic carbocycles. The molecule has 1 fully saturated rings. The first-order valence-corrected chi connectivity index (χ1v) is 6.66. The van der Waals surface area contributed by atoms with Crippen molar-refractivity contribution in [2.45, 2.75) is 64.2 Å². The van der Waals surface area contributed by atoms with Crippen LogP contribution in [0.5, 0.6) is 0 Å². The third-order valence-corrected chi connectivity index (χ3v) is 3.54. The molecule has 0 radical (unpaired) electrons. The van der Waals surface area contributed by atoms with Gasteiger partial charge in [0.1, 0.15) is 0 Å². The van der Waals surface area contributed by atoms with Crippen molar-refractivity contribution in [2.75, 3.05) is 0 Å². The first-order chi connectivity index (χ1) is 7.86. The first-order valence-electron chi connectivity index (χ1n) is 6.66. The number of hydrogen-bond donors (Lipinski definition) is 0. The number of hydrogen-bond acceptors (Lipinski definition) is 2. The van der Waals surface area contributed by atoms with Gasteiger partial charge in [-0.05, 0) is 19.3 Å². The van der Waals surface area contributed by atoms with Gasteiger partial charge in [-0.3, -0.25) is 0 Å². The summed E-state index contributed by atoms with van der Waals surface area (Å²) >= 11 is 0. The zero-order valence-electron chi connectivity index (χ0n) is 10.1. The lowest BCUT2D eigenvalue weighted by molar-refractivity contribution is 0.408. The van der Waals surface area contributed by atoms with Gasteiger partial charge in [-0.1, -0.05) is 44.9 Å². The van der Waals surface area contributed by atoms with Crippen molar-refractivity contribution in [1.29, 1.82) is 10.5 Å². The fourth-order valence-electron chi connectivity index (χ4n) is 2.48. The van der Waals surface area contributed by atoms with E-state index in [1.54, 1.807) is 0 Å². The van der Waals surface area contributed by atoms with Crippen molar-refractivity contribution in [3.8, 4) is 12.1 Å². The van der Waals surface area contributed by atoms with Crippen molar-refractivity contribution >= 4 is 0 Å². The molecule has 88 valence electrons. The molecule has 0 aromatic carbocycles. The summed E-state index contributed by atoms with van der Waals surface area (Å²) in [7, 11) is 0. The molecule has 2 atom stereocenters. The van der Waals surface area contributed by atoms with E-state index in [-0.39, 0.29) is 11.8 Å². The third kappa shape index (κ3) is 5.17. The lowest BCUT2D eigenvalue weighted by Crippen LogP contribution is -2.07. The second-order valence-electron chi connectivity index (χ2n) is 4.94. The summed E-state index contributed by atoms with van der Waals surface area (Å²) in [6.45, 7) is 0. The molecule has 1 saturated carbocycles. The molecule has 0 heterocycles. The summed E-state index contributed by atoms with van der Waals surface area (Å²) in [4.78, 5) is 0. The molecule has 0 aliphatic heterocycles. The zero-order chi connectivity index (χ0) is 11.6. The molecule has 2 nitrogen and oxygen atoms in total. The van der Waals surface area contributed by atoms with Gasteiger partial charge in [0.25, 0.3) is 0 Å². The first kappa shape index (κ1) is 13.0. The van der Waals surface area contributed by atoms with Crippen LogP contribution in [-0.2, 0) is 0 Å². The summed E-state index contributed by atoms with van der Waals surface area (Å²) in [6.07, 6.45) is 11.6. The smallest absolute Gasteiger partial charge is 0.0656 e. The van der Waals surface area contributed by atoms with Crippen molar-refractivity contribution in [1.82, 2.24) is 0 Å². The average Bonchev–Trinajstić information content (AvgIpc) is 2.30. The van der Waals surface area contributed by atoms with Crippen molar-refractivity contribution in [3.63, 3.8) is 0 Å². The van der Waals surface area contributed by atoms with E-state index in [1.807, 2.05) is 0 Å². The number of rotatable bonds is 0. The van der Waals surface area contributed by atoms with Crippen LogP contribution in [0.15, 0.2) is 0 Å². The monoisotopic (exact) mass is 218 g/mol. The highest BCUT2D eigenvalue weighted by Gasteiger charge is 2.15. The van der Waals surface area contributed by atoms with Crippen molar-refractivity contribution in [2.24, 2.45) is 11.8 Å². The van der Waals surface area contributed by atoms with Gasteiger partial charge in [0.05, 0.1) is 12.1 Å². The topological polar surface area (TPSA) is 47.6 Å². The minimum atomic E-state index is 0.115. The van der Waals surface area contributed by atoms with Crippen LogP contribution in [0.4, 0.5) is 0 Å². The van der Waals surface area contributed by atoms with E-state index >= 15 is 0 Å². The molecule has 16 heavy (non-hydrogen) atoms. The van der Waals surface area contributed by atoms with Gasteiger partial charge in [-0.25, -0.2) is 0 Å². The SMILES string of the molecule is N#CC1CCCCCCCCCC(C#N)C1. The minimum absolute atomic E-state index is 0.115. The van der Waals surface area contributed by atoms with Gasteiger partial charge in [0.2, 0.25) is 0 Å². The van der Waals surface area contributed by atoms with E-state index in [0.29, 0.717) is 0 Å². The Morgan fingerprint density at radius 2 is 1.00 bits per heavy atom. The Bertz CT molecular complexity index is 233. The van der Waals surface area contributed by atoms with Crippen LogP contribution in [0.25, 0.3) is 0 Å². The summed E-state index contributed by atoms with van der Waals surface area (Å²) in [5.41, 5.74) is 0. The van der Waals surface area contributed by atoms with Gasteiger partial charge >= 0.3 is 0 Å². The molecule has 0 aromatic heterocycles. The van der Waals surface area contributed by atoms with Crippen LogP contribution < -0.4 is 0 Å². The Kier molecular flexibility index (Phi) is 6.66. The Labute approximate surface area is 99.3 Å². The number of nitrogens with zero attached hydrogens (tertiary/aromatic N) is 2. The zero-order valence-corrected chi connectivity index (χ0v) is 10.1. The quantitative estimate of drug-likeness (QED) is 0.612. The normalized spacial score (nSPS) is 29.1. The predicted molar refractivity (Wildman–Crippen MR) is 64.4 cm³/mol. The maximum atomic E-state index is 9.05. The molecule has 0 amide bonds. The Balaban J connectivity index is 2.44. The fraction of sp³-hybridized carbons (Fsp3) is 0.857. The second kappa shape index (κ2) is 8.17. The third-order valence-electron chi connectivity index (χ3n) is 3.54. The maximum Gasteiger partial charge on any atom is 0.0656 e. The fourth-order valence-corrected chi connectivity index (χ4v) is 2.48. The van der Waals surface area contributed by atoms with E-state index in [4.69, 9.17) is 10.5 Å². The van der Waals surface area contributed by atoms with Gasteiger partial charge in [0.15, 0.2) is 0 Å². The number of nitriles is 2. The Morgan fingerprint density at radius 3 is 1.38 bits per heavy atom. The molecular formula is C14H22N2. The van der Waals surface area contributed by atoms with Crippen molar-refractivity contribution in [3.05, 3.63) is 0 Å². The predicted octanol–water partition coefficient (Wildman–Crippen LogP) is 4.18. The standard InChI is InChI=1S/C14H22N2/c15-11-13-8-6-4-2-1-3-5-7-9-14(10-13)12-16/h13-14H,1-10H2. The van der Waals surface area contributed by atoms with Crippen LogP contribution in [-0.4, -0.2) is 0 Å². The van der Waals surface area contributed by atoms with Gasteiger partial charge in [-0.15, -0.1) is 0 Å². The molecule has 1 aliphatic rings. The molecule has 2 heteroatoms. The lowest BCUT2D eigenvalue weighted by atomic mass is 9.88. The van der Waals surface area contributed by atoms with Crippen LogP contribution in [0.2, 0.25) is 0 Å². The summed E-state index contributed by atoms with van der Waals surface area (Å²) in [5.74, 6) is 0.230. The summed E-state index contributed by atoms with van der Waals surface area (Å²) in [6, 6.07) is 4.74. The highest BCUT2D eigenvalue weighted by atomic mass is 14.3. The molecular weight excluding hydrogens is 196 g/mol. The van der Waals surface area contributed by atoms with Gasteiger partial charge in [0, 0.05) is 11.8 Å². The molecule has 0 N–H and O–H groups in total. The van der Waals surface area contributed by atoms with E-state index in [1.165, 1.54) is 32.1 Å². The van der Waals surface area contributed by atoms with Crippen LogP contribution in [0.1, 0.15) is 64.2 Å². The average molecular weight is 218 g/mol. The molecule has 0 bridgehead atoms. The lowest BCUT2D eigenvalue weighted by Gasteiger charge is -2.14. The van der Waals surface area contributed by atoms with E-state index in [9.17, 15) is 0 Å². The van der Waals surface area contributed by atoms with E-state index < -0.39 is 0 Å². The maximum absolute atomic E-state index is 9.05. The van der Waals surface area contributed by atoms with Gasteiger partial charge in [-0.2, -0.15) is 10.5 Å². The highest BCUT2D eigenvalue weighted by Crippen LogP contribution is 2.24. The largest absolute Gasteiger partial charge is 0.198 e. The minimum Gasteiger partial charge on any atom is -0.198 e. The second-order valence-corrected chi connectivity index (χ2v) is 4.94. The molecule has 0 aromatic rings. The molecule has 1 rings (SSSR count). The Hall–Kier alpha value is -1.02.